The number of aromatic amines is 1. The highest BCUT2D eigenvalue weighted by molar-refractivity contribution is 6.29. The van der Waals surface area contributed by atoms with Gasteiger partial charge in [-0.05, 0) is 13.0 Å². The summed E-state index contributed by atoms with van der Waals surface area (Å²) in [5, 5.41) is 0.158. The Kier molecular flexibility index (Phi) is 5.13. The molecule has 1 aromatic carbocycles. The number of fused-ring (bicyclic) bond motifs is 1. The van der Waals surface area contributed by atoms with E-state index >= 15 is 0 Å². The third kappa shape index (κ3) is 3.32. The summed E-state index contributed by atoms with van der Waals surface area (Å²) in [5.41, 5.74) is -1.72. The molecular weight excluding hydrogens is 445 g/mol. The smallest absolute Gasteiger partial charge is 0.417 e. The molecule has 4 atom stereocenters. The van der Waals surface area contributed by atoms with Gasteiger partial charge in [-0.2, -0.15) is 17.6 Å². The fourth-order valence-corrected chi connectivity index (χ4v) is 4.24. The number of nitrogens with one attached hydrogen (secondary N) is 1. The minimum atomic E-state index is -4.73. The molecule has 2 aromatic heterocycles. The molecule has 1 aliphatic heterocycles. The van der Waals surface area contributed by atoms with Crippen LogP contribution in [0.1, 0.15) is 37.3 Å². The summed E-state index contributed by atoms with van der Waals surface area (Å²) in [6, 6.07) is 3.51. The van der Waals surface area contributed by atoms with Crippen molar-refractivity contribution in [3.63, 3.8) is 0 Å². The Morgan fingerprint density at radius 2 is 1.97 bits per heavy atom. The molecule has 11 heteroatoms. The predicted molar refractivity (Wildman–Crippen MR) is 102 cm³/mol. The van der Waals surface area contributed by atoms with Gasteiger partial charge in [-0.3, -0.25) is 0 Å². The first kappa shape index (κ1) is 21.8. The molecule has 0 aliphatic carbocycles. The van der Waals surface area contributed by atoms with Gasteiger partial charge in [0.2, 0.25) is 5.82 Å². The molecule has 0 radical (unpaired) electrons. The van der Waals surface area contributed by atoms with E-state index in [1.807, 2.05) is 0 Å². The second kappa shape index (κ2) is 7.30. The molecule has 5 nitrogen and oxygen atoms in total. The fraction of sp³-hybridized carbons (Fsp3) is 0.400. The summed E-state index contributed by atoms with van der Waals surface area (Å²) in [5.74, 6) is -5.10. The molecule has 1 fully saturated rings. The van der Waals surface area contributed by atoms with E-state index in [9.17, 15) is 22.0 Å². The van der Waals surface area contributed by atoms with E-state index in [4.69, 9.17) is 21.1 Å². The van der Waals surface area contributed by atoms with Crippen LogP contribution in [0.2, 0.25) is 5.15 Å². The van der Waals surface area contributed by atoms with Gasteiger partial charge in [-0.1, -0.05) is 24.6 Å². The van der Waals surface area contributed by atoms with Gasteiger partial charge in [0.15, 0.2) is 17.2 Å². The Labute approximate surface area is 178 Å². The zero-order valence-corrected chi connectivity index (χ0v) is 17.3. The molecule has 0 unspecified atom stereocenters. The summed E-state index contributed by atoms with van der Waals surface area (Å²) in [6.45, 7) is 2.28. The zero-order chi connectivity index (χ0) is 22.7. The summed E-state index contributed by atoms with van der Waals surface area (Å²) < 4.78 is 80.8. The largest absolute Gasteiger partial charge is 0.493 e. The molecule has 0 spiro atoms. The highest BCUT2D eigenvalue weighted by atomic mass is 35.5. The van der Waals surface area contributed by atoms with Crippen molar-refractivity contribution >= 4 is 22.6 Å². The Balaban J connectivity index is 1.92. The van der Waals surface area contributed by atoms with Crippen LogP contribution in [0.3, 0.4) is 0 Å². The molecule has 1 N–H and O–H groups in total. The molecule has 3 heterocycles. The van der Waals surface area contributed by atoms with Crippen LogP contribution >= 0.6 is 11.6 Å². The lowest BCUT2D eigenvalue weighted by Crippen LogP contribution is -2.46. The van der Waals surface area contributed by atoms with Crippen molar-refractivity contribution in [1.82, 2.24) is 15.0 Å². The van der Waals surface area contributed by atoms with Crippen molar-refractivity contribution < 1.29 is 31.4 Å². The highest BCUT2D eigenvalue weighted by Crippen LogP contribution is 2.59. The van der Waals surface area contributed by atoms with Crippen molar-refractivity contribution in [2.45, 2.75) is 37.6 Å². The number of pyridine rings is 1. The number of hydrogen-bond donors (Lipinski definition) is 1. The lowest BCUT2D eigenvalue weighted by atomic mass is 9.77. The summed E-state index contributed by atoms with van der Waals surface area (Å²) >= 11 is 5.87. The minimum Gasteiger partial charge on any atom is -0.493 e. The quantitative estimate of drug-likeness (QED) is 0.401. The van der Waals surface area contributed by atoms with Crippen molar-refractivity contribution in [2.75, 3.05) is 7.11 Å². The van der Waals surface area contributed by atoms with Crippen LogP contribution in [0.25, 0.3) is 11.0 Å². The highest BCUT2D eigenvalue weighted by Gasteiger charge is 2.65. The lowest BCUT2D eigenvalue weighted by molar-refractivity contribution is -0.275. The van der Waals surface area contributed by atoms with Crippen molar-refractivity contribution in [3.05, 3.63) is 52.6 Å². The molecule has 0 bridgehead atoms. The van der Waals surface area contributed by atoms with Crippen molar-refractivity contribution in [3.8, 4) is 5.75 Å². The Hall–Kier alpha value is -2.46. The molecule has 1 aliphatic rings. The molecular formula is C20H17ClF5N3O2. The van der Waals surface area contributed by atoms with Crippen molar-refractivity contribution in [2.24, 2.45) is 5.92 Å². The second-order valence-electron chi connectivity index (χ2n) is 7.59. The van der Waals surface area contributed by atoms with Crippen LogP contribution in [0.5, 0.6) is 5.75 Å². The SMILES string of the molecule is COc1c([C@H]2[C@H](c3nc4cc(Cl)ncc4[nH]3)O[C@@](C)(C(F)(F)F)[C@H]2C)ccc(F)c1F. The maximum absolute atomic E-state index is 14.4. The Morgan fingerprint density at radius 3 is 2.61 bits per heavy atom. The molecule has 1 saturated heterocycles. The zero-order valence-electron chi connectivity index (χ0n) is 16.5. The lowest BCUT2D eigenvalue weighted by Gasteiger charge is -2.32. The van der Waals surface area contributed by atoms with Crippen molar-refractivity contribution in [1.29, 1.82) is 0 Å². The van der Waals surface area contributed by atoms with Crippen LogP contribution in [-0.2, 0) is 4.74 Å². The first-order chi connectivity index (χ1) is 14.5. The van der Waals surface area contributed by atoms with Gasteiger partial charge in [0, 0.05) is 23.5 Å². The number of aromatic nitrogens is 3. The maximum atomic E-state index is 14.4. The molecule has 0 saturated carbocycles. The number of imidazole rings is 1. The van der Waals surface area contributed by atoms with E-state index in [1.54, 1.807) is 0 Å². The fourth-order valence-electron chi connectivity index (χ4n) is 4.09. The average molecular weight is 462 g/mol. The summed E-state index contributed by atoms with van der Waals surface area (Å²) in [7, 11) is 1.12. The normalized spacial score (nSPS) is 26.5. The first-order valence-electron chi connectivity index (χ1n) is 9.25. The van der Waals surface area contributed by atoms with E-state index in [-0.39, 0.29) is 16.5 Å². The van der Waals surface area contributed by atoms with Gasteiger partial charge >= 0.3 is 6.18 Å². The van der Waals surface area contributed by atoms with Crippen LogP contribution in [0.4, 0.5) is 22.0 Å². The number of H-pyrrole nitrogens is 1. The molecule has 3 aromatic rings. The number of rotatable bonds is 3. The molecule has 4 rings (SSSR count). The van der Waals surface area contributed by atoms with E-state index in [2.05, 4.69) is 15.0 Å². The molecule has 0 amide bonds. The van der Waals surface area contributed by atoms with Gasteiger partial charge in [-0.25, -0.2) is 14.4 Å². The van der Waals surface area contributed by atoms with Gasteiger partial charge in [0.25, 0.3) is 0 Å². The average Bonchev–Trinajstić information content (AvgIpc) is 3.23. The van der Waals surface area contributed by atoms with E-state index in [0.717, 1.165) is 20.1 Å². The standard InChI is InChI=1S/C20H17ClF5N3O2/c1-8-14(9-4-5-10(22)15(23)16(9)30-3)17(31-19(8,2)20(24,25)26)18-28-11-6-13(21)27-7-12(11)29-18/h4-8,14,17H,1-3H3,(H,28,29)/t8-,14-,17+,19+/m0/s1. The number of nitrogens with zero attached hydrogens (tertiary/aromatic N) is 2. The second-order valence-corrected chi connectivity index (χ2v) is 7.98. The first-order valence-corrected chi connectivity index (χ1v) is 9.63. The van der Waals surface area contributed by atoms with Crippen LogP contribution in [-0.4, -0.2) is 33.8 Å². The number of alkyl halides is 3. The monoisotopic (exact) mass is 461 g/mol. The van der Waals surface area contributed by atoms with Gasteiger partial charge < -0.3 is 14.5 Å². The number of halogens is 6. The minimum absolute atomic E-state index is 0.0449. The molecule has 31 heavy (non-hydrogen) atoms. The third-order valence-electron chi connectivity index (χ3n) is 5.93. The van der Waals surface area contributed by atoms with E-state index in [0.29, 0.717) is 11.0 Å². The van der Waals surface area contributed by atoms with E-state index < -0.39 is 47.1 Å². The molecule has 166 valence electrons. The van der Waals surface area contributed by atoms with Crippen LogP contribution in [0.15, 0.2) is 24.4 Å². The number of ether oxygens (including phenoxy) is 2. The topological polar surface area (TPSA) is 60.0 Å². The number of methoxy groups -OCH3 is 1. The van der Waals surface area contributed by atoms with Gasteiger partial charge in [0.05, 0.1) is 24.3 Å². The van der Waals surface area contributed by atoms with E-state index in [1.165, 1.54) is 25.3 Å². The Bertz CT molecular complexity index is 1150. The predicted octanol–water partition coefficient (Wildman–Crippen LogP) is 5.71. The van der Waals surface area contributed by atoms with Gasteiger partial charge in [-0.15, -0.1) is 0 Å². The number of hydrogen-bond acceptors (Lipinski definition) is 4. The summed E-state index contributed by atoms with van der Waals surface area (Å²) in [6.07, 6.45) is -4.60. The van der Waals surface area contributed by atoms with Gasteiger partial charge in [0.1, 0.15) is 17.1 Å². The number of benzene rings is 1. The van der Waals surface area contributed by atoms with Crippen LogP contribution < -0.4 is 4.74 Å². The summed E-state index contributed by atoms with van der Waals surface area (Å²) in [4.78, 5) is 11.2. The van der Waals surface area contributed by atoms with Crippen LogP contribution in [0, 0.1) is 17.6 Å². The Morgan fingerprint density at radius 1 is 1.26 bits per heavy atom. The third-order valence-corrected chi connectivity index (χ3v) is 6.14. The maximum Gasteiger partial charge on any atom is 0.417 e.